The summed E-state index contributed by atoms with van der Waals surface area (Å²) in [7, 11) is -3.02. The summed E-state index contributed by atoms with van der Waals surface area (Å²) in [5.41, 5.74) is 0.724. The van der Waals surface area contributed by atoms with Crippen molar-refractivity contribution in [3.63, 3.8) is 0 Å². The van der Waals surface area contributed by atoms with Gasteiger partial charge in [-0.25, -0.2) is 8.42 Å². The number of halogens is 1. The van der Waals surface area contributed by atoms with E-state index in [0.29, 0.717) is 13.0 Å². The monoisotopic (exact) mass is 480 g/mol. The van der Waals surface area contributed by atoms with Gasteiger partial charge in [0.25, 0.3) is 11.8 Å². The molecule has 7 nitrogen and oxygen atoms in total. The van der Waals surface area contributed by atoms with Gasteiger partial charge in [0, 0.05) is 15.3 Å². The molecule has 1 heterocycles. The van der Waals surface area contributed by atoms with Crippen LogP contribution in [0.5, 0.6) is 0 Å². The third kappa shape index (κ3) is 6.90. The number of carbonyl (C=O) groups excluding carboxylic acids is 2. The highest BCUT2D eigenvalue weighted by Gasteiger charge is 2.29. The molecule has 3 N–H and O–H groups in total. The molecule has 9 heteroatoms. The minimum atomic E-state index is -3.02. The molecule has 1 unspecified atom stereocenters. The van der Waals surface area contributed by atoms with Crippen molar-refractivity contribution in [3.05, 3.63) is 27.8 Å². The van der Waals surface area contributed by atoms with Crippen LogP contribution in [0.4, 0.5) is 5.69 Å². The van der Waals surface area contributed by atoms with Gasteiger partial charge < -0.3 is 15.5 Å². The Morgan fingerprint density at radius 1 is 1.20 bits per heavy atom. The van der Waals surface area contributed by atoms with Crippen LogP contribution in [0.25, 0.3) is 0 Å². The Bertz CT molecular complexity index is 721. The molecule has 138 valence electrons. The van der Waals surface area contributed by atoms with Gasteiger partial charge in [-0.2, -0.15) is 0 Å². The van der Waals surface area contributed by atoms with E-state index < -0.39 is 9.84 Å². The summed E-state index contributed by atoms with van der Waals surface area (Å²) in [5, 5.41) is 5.57. The Morgan fingerprint density at radius 2 is 1.84 bits per heavy atom. The predicted octanol–water partition coefficient (Wildman–Crippen LogP) is -0.562. The van der Waals surface area contributed by atoms with E-state index in [1.807, 2.05) is 31.2 Å². The van der Waals surface area contributed by atoms with E-state index in [1.165, 1.54) is 0 Å². The predicted molar refractivity (Wildman–Crippen MR) is 104 cm³/mol. The lowest BCUT2D eigenvalue weighted by atomic mass is 10.2. The number of sulfone groups is 1. The normalized spacial score (nSPS) is 20.0. The van der Waals surface area contributed by atoms with E-state index >= 15 is 0 Å². The first-order chi connectivity index (χ1) is 11.8. The molecule has 1 aromatic rings. The average Bonchev–Trinajstić information content (AvgIpc) is 2.87. The number of hydrogen-bond donors (Lipinski definition) is 3. The minimum Gasteiger partial charge on any atom is -0.347 e. The number of anilines is 1. The van der Waals surface area contributed by atoms with Crippen LogP contribution in [-0.2, 0) is 19.4 Å². The smallest absolute Gasteiger partial charge is 0.279 e. The van der Waals surface area contributed by atoms with Gasteiger partial charge in [-0.05, 0) is 60.2 Å². The van der Waals surface area contributed by atoms with Gasteiger partial charge in [0.1, 0.15) is 0 Å². The van der Waals surface area contributed by atoms with Crippen molar-refractivity contribution in [3.8, 4) is 0 Å². The first kappa shape index (κ1) is 20.1. The zero-order valence-electron chi connectivity index (χ0n) is 14.0. The van der Waals surface area contributed by atoms with Crippen molar-refractivity contribution in [1.29, 1.82) is 0 Å². The van der Waals surface area contributed by atoms with Crippen LogP contribution < -0.4 is 15.5 Å². The fraction of sp³-hybridized carbons (Fsp3) is 0.500. The maximum atomic E-state index is 12.1. The molecule has 2 atom stereocenters. The van der Waals surface area contributed by atoms with E-state index in [4.69, 9.17) is 0 Å². The number of carbonyl (C=O) groups is 2. The summed E-state index contributed by atoms with van der Waals surface area (Å²) in [5.74, 6) is -0.246. The number of amides is 2. The fourth-order valence-corrected chi connectivity index (χ4v) is 4.73. The number of likely N-dealkylation sites (N-methyl/N-ethyl adjacent to an activating group) is 1. The van der Waals surface area contributed by atoms with Crippen LogP contribution >= 0.6 is 22.6 Å². The van der Waals surface area contributed by atoms with E-state index in [1.54, 1.807) is 0 Å². The molecule has 0 saturated carbocycles. The highest BCUT2D eigenvalue weighted by Crippen LogP contribution is 2.11. The Morgan fingerprint density at radius 3 is 2.40 bits per heavy atom. The molecular formula is C16H23IN3O4S+. The molecule has 1 aliphatic heterocycles. The van der Waals surface area contributed by atoms with Gasteiger partial charge in [-0.3, -0.25) is 9.59 Å². The summed E-state index contributed by atoms with van der Waals surface area (Å²) >= 11 is 2.19. The van der Waals surface area contributed by atoms with Crippen LogP contribution in [0.1, 0.15) is 13.3 Å². The molecule has 0 aromatic heterocycles. The Kier molecular flexibility index (Phi) is 7.20. The van der Waals surface area contributed by atoms with Gasteiger partial charge in [-0.15, -0.1) is 0 Å². The van der Waals surface area contributed by atoms with Crippen LogP contribution in [0.3, 0.4) is 0 Å². The molecule has 1 aromatic carbocycles. The number of quaternary nitrogens is 1. The molecule has 2 rings (SSSR count). The van der Waals surface area contributed by atoms with Crippen molar-refractivity contribution < 1.29 is 22.9 Å². The molecule has 1 saturated heterocycles. The summed E-state index contributed by atoms with van der Waals surface area (Å²) in [4.78, 5) is 25.1. The zero-order valence-corrected chi connectivity index (χ0v) is 17.0. The molecule has 1 aliphatic rings. The Labute approximate surface area is 161 Å². The summed E-state index contributed by atoms with van der Waals surface area (Å²) in [6, 6.07) is 7.17. The van der Waals surface area contributed by atoms with Crippen LogP contribution in [0.15, 0.2) is 24.3 Å². The summed E-state index contributed by atoms with van der Waals surface area (Å²) in [6.45, 7) is 2.85. The van der Waals surface area contributed by atoms with Gasteiger partial charge >= 0.3 is 0 Å². The van der Waals surface area contributed by atoms with Crippen LogP contribution in [0, 0.1) is 3.57 Å². The highest BCUT2D eigenvalue weighted by atomic mass is 127. The average molecular weight is 480 g/mol. The number of hydrogen-bond acceptors (Lipinski definition) is 4. The van der Waals surface area contributed by atoms with Crippen LogP contribution in [-0.4, -0.2) is 57.4 Å². The molecule has 0 bridgehead atoms. The van der Waals surface area contributed by atoms with E-state index in [0.717, 1.165) is 14.2 Å². The van der Waals surface area contributed by atoms with Gasteiger partial charge in [0.05, 0.1) is 18.1 Å². The summed E-state index contributed by atoms with van der Waals surface area (Å²) < 4.78 is 23.9. The van der Waals surface area contributed by atoms with Gasteiger partial charge in [0.15, 0.2) is 22.9 Å². The van der Waals surface area contributed by atoms with Crippen molar-refractivity contribution >= 4 is 49.9 Å². The van der Waals surface area contributed by atoms with Gasteiger partial charge in [0.2, 0.25) is 0 Å². The lowest BCUT2D eigenvalue weighted by Crippen LogP contribution is -3.14. The topological polar surface area (TPSA) is 96.8 Å². The van der Waals surface area contributed by atoms with E-state index in [2.05, 4.69) is 33.2 Å². The Balaban J connectivity index is 1.79. The van der Waals surface area contributed by atoms with Crippen molar-refractivity contribution in [2.75, 3.05) is 36.5 Å². The second kappa shape index (κ2) is 8.95. The summed E-state index contributed by atoms with van der Waals surface area (Å²) in [6.07, 6.45) is 0.461. The first-order valence-corrected chi connectivity index (χ1v) is 11.1. The standard InChI is InChI=1S/C16H22IN3O4S/c1-2-20(9-15(21)18-13-5-3-12(17)4-6-13)10-16(22)19-14-7-8-25(23,24)11-14/h3-6,14H,2,7-11H2,1H3,(H,18,21)(H,19,22)/p+1/t14-/m0/s1. The molecule has 0 spiro atoms. The lowest BCUT2D eigenvalue weighted by Gasteiger charge is -2.18. The molecule has 0 radical (unpaired) electrons. The van der Waals surface area contributed by atoms with E-state index in [-0.39, 0.29) is 42.5 Å². The highest BCUT2D eigenvalue weighted by molar-refractivity contribution is 14.1. The molecule has 2 amide bonds. The third-order valence-corrected chi connectivity index (χ3v) is 6.53. The largest absolute Gasteiger partial charge is 0.347 e. The molecule has 1 fully saturated rings. The number of rotatable bonds is 7. The van der Waals surface area contributed by atoms with Crippen molar-refractivity contribution in [2.45, 2.75) is 19.4 Å². The zero-order chi connectivity index (χ0) is 18.4. The van der Waals surface area contributed by atoms with Crippen LogP contribution in [0.2, 0.25) is 0 Å². The third-order valence-electron chi connectivity index (χ3n) is 4.05. The maximum absolute atomic E-state index is 12.1. The fourth-order valence-electron chi connectivity index (χ4n) is 2.69. The van der Waals surface area contributed by atoms with Crippen molar-refractivity contribution in [1.82, 2.24) is 5.32 Å². The minimum absolute atomic E-state index is 0.00743. The molecule has 0 aliphatic carbocycles. The quantitative estimate of drug-likeness (QED) is 0.456. The van der Waals surface area contributed by atoms with Crippen molar-refractivity contribution in [2.24, 2.45) is 0 Å². The first-order valence-electron chi connectivity index (χ1n) is 8.16. The Hall–Kier alpha value is -1.20. The van der Waals surface area contributed by atoms with E-state index in [9.17, 15) is 18.0 Å². The number of nitrogens with one attached hydrogen (secondary N) is 3. The second-order valence-corrected chi connectivity index (χ2v) is 9.65. The number of benzene rings is 1. The molecule has 25 heavy (non-hydrogen) atoms. The second-order valence-electron chi connectivity index (χ2n) is 6.18. The lowest BCUT2D eigenvalue weighted by molar-refractivity contribution is -0.881. The maximum Gasteiger partial charge on any atom is 0.279 e. The SMILES string of the molecule is CC[NH+](CC(=O)Nc1ccc(I)cc1)CC(=O)N[C@H]1CCS(=O)(=O)C1. The molecular weight excluding hydrogens is 457 g/mol. The van der Waals surface area contributed by atoms with Gasteiger partial charge in [-0.1, -0.05) is 0 Å².